The van der Waals surface area contributed by atoms with Gasteiger partial charge in [0.05, 0.1) is 11.7 Å². The summed E-state index contributed by atoms with van der Waals surface area (Å²) in [5.74, 6) is 0.495. The Kier molecular flexibility index (Phi) is 5.29. The van der Waals surface area contributed by atoms with Gasteiger partial charge < -0.3 is 0 Å². The lowest BCUT2D eigenvalue weighted by molar-refractivity contribution is 0.171. The van der Waals surface area contributed by atoms with Crippen LogP contribution < -0.4 is 0 Å². The van der Waals surface area contributed by atoms with Gasteiger partial charge in [0.1, 0.15) is 5.82 Å². The van der Waals surface area contributed by atoms with Crippen molar-refractivity contribution in [3.05, 3.63) is 47.0 Å². The number of nitrogens with zero attached hydrogens (tertiary/aromatic N) is 4. The number of aromatic nitrogens is 3. The Labute approximate surface area is 143 Å². The molecule has 0 aliphatic carbocycles. The monoisotopic (exact) mass is 330 g/mol. The van der Waals surface area contributed by atoms with Gasteiger partial charge in [-0.25, -0.2) is 9.07 Å². The molecule has 0 saturated carbocycles. The third-order valence-electron chi connectivity index (χ3n) is 4.88. The minimum absolute atomic E-state index is 0.109. The molecule has 0 N–H and O–H groups in total. The van der Waals surface area contributed by atoms with E-state index in [0.717, 1.165) is 55.7 Å². The van der Waals surface area contributed by atoms with Crippen LogP contribution in [0.5, 0.6) is 0 Å². The van der Waals surface area contributed by atoms with E-state index in [1.807, 2.05) is 17.7 Å². The zero-order valence-electron chi connectivity index (χ0n) is 14.9. The van der Waals surface area contributed by atoms with Gasteiger partial charge in [-0.15, -0.1) is 5.10 Å². The molecule has 0 amide bonds. The van der Waals surface area contributed by atoms with Crippen LogP contribution in [0.1, 0.15) is 49.6 Å². The maximum atomic E-state index is 13.7. The fourth-order valence-electron chi connectivity index (χ4n) is 3.41. The Morgan fingerprint density at radius 3 is 2.71 bits per heavy atom. The second-order valence-corrected chi connectivity index (χ2v) is 7.32. The normalized spacial score (nSPS) is 16.9. The van der Waals surface area contributed by atoms with E-state index in [-0.39, 0.29) is 5.82 Å². The summed E-state index contributed by atoms with van der Waals surface area (Å²) in [6, 6.07) is 5.80. The van der Waals surface area contributed by atoms with Crippen LogP contribution in [0.4, 0.5) is 4.39 Å². The number of likely N-dealkylation sites (tertiary alicyclic amines) is 1. The Bertz CT molecular complexity index is 672. The Balaban J connectivity index is 1.56. The fourth-order valence-corrected chi connectivity index (χ4v) is 3.41. The summed E-state index contributed by atoms with van der Waals surface area (Å²) < 4.78 is 15.7. The highest BCUT2D eigenvalue weighted by molar-refractivity contribution is 5.27. The predicted octanol–water partition coefficient (Wildman–Crippen LogP) is 3.76. The molecule has 0 radical (unpaired) electrons. The standard InChI is InChI=1S/C19H27FN4/c1-14(2)11-17-13-24(22-21-17)18-7-9-23(10-8-18)12-16-5-4-6-19(20)15(16)3/h4-6,13-14,18H,7-12H2,1-3H3. The van der Waals surface area contributed by atoms with Crippen LogP contribution in [-0.2, 0) is 13.0 Å². The van der Waals surface area contributed by atoms with Gasteiger partial charge in [-0.05, 0) is 49.3 Å². The summed E-state index contributed by atoms with van der Waals surface area (Å²) in [6.07, 6.45) is 5.23. The Morgan fingerprint density at radius 2 is 2.00 bits per heavy atom. The lowest BCUT2D eigenvalue weighted by Crippen LogP contribution is -2.34. The number of halogens is 1. The number of hydrogen-bond donors (Lipinski definition) is 0. The highest BCUT2D eigenvalue weighted by Crippen LogP contribution is 2.24. The minimum atomic E-state index is -0.109. The zero-order chi connectivity index (χ0) is 17.1. The topological polar surface area (TPSA) is 34.0 Å². The maximum Gasteiger partial charge on any atom is 0.126 e. The molecule has 4 nitrogen and oxygen atoms in total. The first-order valence-corrected chi connectivity index (χ1v) is 8.90. The smallest absolute Gasteiger partial charge is 0.126 e. The SMILES string of the molecule is Cc1c(F)cccc1CN1CCC(n2cc(CC(C)C)nn2)CC1. The number of rotatable bonds is 5. The van der Waals surface area contributed by atoms with Crippen LogP contribution in [0.15, 0.2) is 24.4 Å². The minimum Gasteiger partial charge on any atom is -0.299 e. The first kappa shape index (κ1) is 17.1. The quantitative estimate of drug-likeness (QED) is 0.837. The molecule has 1 aliphatic heterocycles. The van der Waals surface area contributed by atoms with E-state index in [1.54, 1.807) is 6.07 Å². The van der Waals surface area contributed by atoms with Crippen molar-refractivity contribution >= 4 is 0 Å². The van der Waals surface area contributed by atoms with Gasteiger partial charge in [0, 0.05) is 25.8 Å². The van der Waals surface area contributed by atoms with E-state index in [4.69, 9.17) is 0 Å². The van der Waals surface area contributed by atoms with Crippen molar-refractivity contribution in [1.29, 1.82) is 0 Å². The van der Waals surface area contributed by atoms with Crippen LogP contribution in [-0.4, -0.2) is 33.0 Å². The molecule has 0 atom stereocenters. The molecule has 130 valence electrons. The van der Waals surface area contributed by atoms with E-state index < -0.39 is 0 Å². The van der Waals surface area contributed by atoms with Crippen molar-refractivity contribution in [2.24, 2.45) is 5.92 Å². The van der Waals surface area contributed by atoms with E-state index in [0.29, 0.717) is 12.0 Å². The molecular formula is C19H27FN4. The summed E-state index contributed by atoms with van der Waals surface area (Å²) >= 11 is 0. The van der Waals surface area contributed by atoms with Crippen LogP contribution in [0.2, 0.25) is 0 Å². The summed E-state index contributed by atoms with van der Waals surface area (Å²) in [6.45, 7) is 9.12. The summed E-state index contributed by atoms with van der Waals surface area (Å²) in [4.78, 5) is 2.41. The number of piperidine rings is 1. The van der Waals surface area contributed by atoms with Gasteiger partial charge in [0.25, 0.3) is 0 Å². The molecule has 3 rings (SSSR count). The lowest BCUT2D eigenvalue weighted by Gasteiger charge is -2.32. The van der Waals surface area contributed by atoms with Crippen LogP contribution in [0.3, 0.4) is 0 Å². The van der Waals surface area contributed by atoms with Gasteiger partial charge in [-0.2, -0.15) is 0 Å². The third-order valence-corrected chi connectivity index (χ3v) is 4.88. The van der Waals surface area contributed by atoms with Crippen molar-refractivity contribution in [3.63, 3.8) is 0 Å². The molecule has 2 heterocycles. The fraction of sp³-hybridized carbons (Fsp3) is 0.579. The average molecular weight is 330 g/mol. The van der Waals surface area contributed by atoms with Crippen molar-refractivity contribution in [2.45, 2.75) is 52.6 Å². The first-order valence-electron chi connectivity index (χ1n) is 8.90. The first-order chi connectivity index (χ1) is 11.5. The summed E-state index contributed by atoms with van der Waals surface area (Å²) in [7, 11) is 0. The Hall–Kier alpha value is -1.75. The molecule has 0 bridgehead atoms. The van der Waals surface area contributed by atoms with E-state index >= 15 is 0 Å². The second kappa shape index (κ2) is 7.43. The van der Waals surface area contributed by atoms with E-state index in [2.05, 4.69) is 35.3 Å². The highest BCUT2D eigenvalue weighted by Gasteiger charge is 2.22. The molecule has 0 unspecified atom stereocenters. The van der Waals surface area contributed by atoms with Gasteiger partial charge in [-0.3, -0.25) is 4.90 Å². The second-order valence-electron chi connectivity index (χ2n) is 7.32. The van der Waals surface area contributed by atoms with Gasteiger partial charge in [-0.1, -0.05) is 31.2 Å². The molecule has 24 heavy (non-hydrogen) atoms. The summed E-state index contributed by atoms with van der Waals surface area (Å²) in [5.41, 5.74) is 2.95. The van der Waals surface area contributed by atoms with E-state index in [9.17, 15) is 4.39 Å². The molecule has 0 spiro atoms. The van der Waals surface area contributed by atoms with Crippen molar-refractivity contribution in [1.82, 2.24) is 19.9 Å². The summed E-state index contributed by atoms with van der Waals surface area (Å²) in [5, 5.41) is 8.62. The number of benzene rings is 1. The van der Waals surface area contributed by atoms with Crippen molar-refractivity contribution in [3.8, 4) is 0 Å². The highest BCUT2D eigenvalue weighted by atomic mass is 19.1. The largest absolute Gasteiger partial charge is 0.299 e. The van der Waals surface area contributed by atoms with Gasteiger partial charge in [0.2, 0.25) is 0 Å². The van der Waals surface area contributed by atoms with Crippen molar-refractivity contribution in [2.75, 3.05) is 13.1 Å². The third kappa shape index (κ3) is 4.01. The molecule has 5 heteroatoms. The average Bonchev–Trinajstić information content (AvgIpc) is 3.00. The van der Waals surface area contributed by atoms with Crippen LogP contribution >= 0.6 is 0 Å². The molecule has 1 aromatic carbocycles. The molecule has 2 aromatic rings. The van der Waals surface area contributed by atoms with Gasteiger partial charge in [0.15, 0.2) is 0 Å². The van der Waals surface area contributed by atoms with Gasteiger partial charge >= 0.3 is 0 Å². The number of hydrogen-bond acceptors (Lipinski definition) is 3. The van der Waals surface area contributed by atoms with Crippen LogP contribution in [0, 0.1) is 18.7 Å². The molecule has 1 aliphatic rings. The molecule has 1 fully saturated rings. The van der Waals surface area contributed by atoms with Crippen LogP contribution in [0.25, 0.3) is 0 Å². The predicted molar refractivity (Wildman–Crippen MR) is 93.2 cm³/mol. The Morgan fingerprint density at radius 1 is 1.25 bits per heavy atom. The molecule has 1 saturated heterocycles. The zero-order valence-corrected chi connectivity index (χ0v) is 14.9. The molecule has 1 aromatic heterocycles. The maximum absolute atomic E-state index is 13.7. The lowest BCUT2D eigenvalue weighted by atomic mass is 10.0. The molecular weight excluding hydrogens is 303 g/mol. The van der Waals surface area contributed by atoms with E-state index in [1.165, 1.54) is 6.07 Å². The van der Waals surface area contributed by atoms with Crippen molar-refractivity contribution < 1.29 is 4.39 Å².